The van der Waals surface area contributed by atoms with Gasteiger partial charge >= 0.3 is 0 Å². The third kappa shape index (κ3) is 4.33. The number of nitrogens with two attached hydrogens (primary N) is 1. The van der Waals surface area contributed by atoms with Crippen molar-refractivity contribution < 1.29 is 22.9 Å². The van der Waals surface area contributed by atoms with Crippen molar-refractivity contribution in [2.24, 2.45) is 5.73 Å². The molecule has 3 heterocycles. The lowest BCUT2D eigenvalue weighted by atomic mass is 10.0. The summed E-state index contributed by atoms with van der Waals surface area (Å²) >= 11 is 1.38. The van der Waals surface area contributed by atoms with Gasteiger partial charge in [-0.05, 0) is 54.3 Å². The van der Waals surface area contributed by atoms with Crippen molar-refractivity contribution in [1.82, 2.24) is 0 Å². The first-order valence-electron chi connectivity index (χ1n) is 11.5. The number of amides is 2. The minimum absolute atomic E-state index is 0.126. The van der Waals surface area contributed by atoms with Crippen LogP contribution in [0, 0.1) is 0 Å². The Balaban J connectivity index is 1.38. The number of carbonyl (C=O) groups is 2. The first kappa shape index (κ1) is 23.5. The number of fused-ring (bicyclic) bond motifs is 2. The van der Waals surface area contributed by atoms with Gasteiger partial charge in [-0.3, -0.25) is 13.9 Å². The molecule has 182 valence electrons. The molecule has 2 aliphatic heterocycles. The topological polar surface area (TPSA) is 114 Å². The number of anilines is 2. The van der Waals surface area contributed by atoms with Gasteiger partial charge in [-0.1, -0.05) is 18.2 Å². The Bertz CT molecular complexity index is 1410. The van der Waals surface area contributed by atoms with E-state index < -0.39 is 21.8 Å². The Kier molecular flexibility index (Phi) is 6.12. The first-order valence-corrected chi connectivity index (χ1v) is 13.8. The van der Waals surface area contributed by atoms with Crippen LogP contribution in [0.15, 0.2) is 53.4 Å². The van der Waals surface area contributed by atoms with E-state index in [2.05, 4.69) is 12.4 Å². The molecule has 35 heavy (non-hydrogen) atoms. The fourth-order valence-electron chi connectivity index (χ4n) is 4.80. The Labute approximate surface area is 208 Å². The van der Waals surface area contributed by atoms with E-state index in [9.17, 15) is 18.0 Å². The predicted molar refractivity (Wildman–Crippen MR) is 136 cm³/mol. The fourth-order valence-corrected chi connectivity index (χ4v) is 7.70. The number of quaternary nitrogens is 1. The van der Waals surface area contributed by atoms with E-state index >= 15 is 0 Å². The van der Waals surface area contributed by atoms with Crippen LogP contribution in [-0.2, 0) is 29.4 Å². The summed E-state index contributed by atoms with van der Waals surface area (Å²) in [5, 5.41) is 3.27. The number of hydrogen-bond donors (Lipinski definition) is 3. The molecule has 0 radical (unpaired) electrons. The molecule has 0 aliphatic carbocycles. The quantitative estimate of drug-likeness (QED) is 0.485. The maximum Gasteiger partial charge on any atom is 0.264 e. The minimum atomic E-state index is -3.76. The van der Waals surface area contributed by atoms with Crippen molar-refractivity contribution in [2.75, 3.05) is 29.8 Å². The van der Waals surface area contributed by atoms with Gasteiger partial charge < -0.3 is 16.0 Å². The molecule has 0 saturated heterocycles. The SMILES string of the molecule is C[NH+]1CCc2c(sc(NC(=O)c3ccc(S(=O)(=O)N4CCCc5ccccc54)cc3)c2C(N)=O)C1. The smallest absolute Gasteiger partial charge is 0.264 e. The molecular weight excluding hydrogens is 484 g/mol. The van der Waals surface area contributed by atoms with Crippen molar-refractivity contribution in [3.63, 3.8) is 0 Å². The van der Waals surface area contributed by atoms with Gasteiger partial charge in [-0.2, -0.15) is 0 Å². The number of rotatable bonds is 5. The predicted octanol–water partition coefficient (Wildman–Crippen LogP) is 1.81. The second-order valence-electron chi connectivity index (χ2n) is 8.99. The highest BCUT2D eigenvalue weighted by Crippen LogP contribution is 2.35. The molecule has 4 N–H and O–H groups in total. The van der Waals surface area contributed by atoms with Crippen LogP contribution < -0.4 is 20.3 Å². The van der Waals surface area contributed by atoms with Gasteiger partial charge in [0.1, 0.15) is 11.5 Å². The van der Waals surface area contributed by atoms with E-state index in [4.69, 9.17) is 5.73 Å². The van der Waals surface area contributed by atoms with Crippen LogP contribution >= 0.6 is 11.3 Å². The van der Waals surface area contributed by atoms with Gasteiger partial charge in [-0.25, -0.2) is 8.42 Å². The number of likely N-dealkylation sites (N-methyl/N-ethyl adjacent to an activating group) is 1. The molecule has 10 heteroatoms. The standard InChI is InChI=1S/C25H26N4O4S2/c1-28-14-12-19-21(15-28)34-25(22(19)23(26)30)27-24(31)17-8-10-18(11-9-17)35(32,33)29-13-4-6-16-5-2-3-7-20(16)29/h2-3,5,7-11H,4,6,12-15H2,1H3,(H2,26,30)(H,27,31)/p+1. The van der Waals surface area contributed by atoms with Crippen molar-refractivity contribution in [3.8, 4) is 0 Å². The van der Waals surface area contributed by atoms with E-state index in [0.717, 1.165) is 48.4 Å². The van der Waals surface area contributed by atoms with E-state index in [1.165, 1.54) is 44.8 Å². The summed E-state index contributed by atoms with van der Waals surface area (Å²) in [5.41, 5.74) is 8.96. The summed E-state index contributed by atoms with van der Waals surface area (Å²) in [4.78, 5) is 27.6. The van der Waals surface area contributed by atoms with E-state index in [0.29, 0.717) is 28.4 Å². The summed E-state index contributed by atoms with van der Waals surface area (Å²) in [6.45, 7) is 2.09. The molecule has 2 aliphatic rings. The third-order valence-corrected chi connectivity index (χ3v) is 9.58. The first-order chi connectivity index (χ1) is 16.8. The second kappa shape index (κ2) is 9.10. The molecule has 0 bridgehead atoms. The zero-order valence-electron chi connectivity index (χ0n) is 19.3. The monoisotopic (exact) mass is 511 g/mol. The zero-order valence-corrected chi connectivity index (χ0v) is 21.0. The number of aryl methyl sites for hydroxylation is 1. The maximum atomic E-state index is 13.4. The molecule has 2 aromatic carbocycles. The number of sulfonamides is 1. The van der Waals surface area contributed by atoms with Gasteiger partial charge in [0.2, 0.25) is 0 Å². The van der Waals surface area contributed by atoms with Crippen molar-refractivity contribution >= 4 is 43.9 Å². The Morgan fingerprint density at radius 2 is 1.83 bits per heavy atom. The van der Waals surface area contributed by atoms with Crippen LogP contribution in [0.3, 0.4) is 0 Å². The number of nitrogens with zero attached hydrogens (tertiary/aromatic N) is 1. The molecule has 5 rings (SSSR count). The average Bonchev–Trinajstić information content (AvgIpc) is 3.20. The maximum absolute atomic E-state index is 13.4. The van der Waals surface area contributed by atoms with E-state index in [1.54, 1.807) is 0 Å². The molecule has 2 amide bonds. The van der Waals surface area contributed by atoms with Crippen molar-refractivity contribution in [2.45, 2.75) is 30.7 Å². The molecule has 3 aromatic rings. The summed E-state index contributed by atoms with van der Waals surface area (Å²) in [6.07, 6.45) is 2.33. The second-order valence-corrected chi connectivity index (χ2v) is 12.0. The summed E-state index contributed by atoms with van der Waals surface area (Å²) < 4.78 is 28.1. The highest BCUT2D eigenvalue weighted by molar-refractivity contribution is 7.92. The fraction of sp³-hybridized carbons (Fsp3) is 0.280. The zero-order chi connectivity index (χ0) is 24.7. The summed E-state index contributed by atoms with van der Waals surface area (Å²) in [5.74, 6) is -0.973. The van der Waals surface area contributed by atoms with E-state index in [-0.39, 0.29) is 4.90 Å². The Morgan fingerprint density at radius 1 is 1.09 bits per heavy atom. The lowest BCUT2D eigenvalue weighted by Gasteiger charge is -2.30. The average molecular weight is 512 g/mol. The number of hydrogen-bond acceptors (Lipinski definition) is 5. The van der Waals surface area contributed by atoms with Crippen LogP contribution in [-0.4, -0.2) is 40.4 Å². The van der Waals surface area contributed by atoms with Crippen LogP contribution in [0.1, 0.15) is 43.1 Å². The van der Waals surface area contributed by atoms with Gasteiger partial charge in [0.25, 0.3) is 21.8 Å². The van der Waals surface area contributed by atoms with Gasteiger partial charge in [0.05, 0.1) is 34.6 Å². The highest BCUT2D eigenvalue weighted by atomic mass is 32.2. The Hall–Kier alpha value is -3.21. The third-order valence-electron chi connectivity index (χ3n) is 6.60. The molecular formula is C25H27N4O4S2+. The largest absolute Gasteiger partial charge is 0.365 e. The van der Waals surface area contributed by atoms with E-state index in [1.807, 2.05) is 24.3 Å². The number of carbonyl (C=O) groups excluding carboxylic acids is 2. The highest BCUT2D eigenvalue weighted by Gasteiger charge is 2.30. The van der Waals surface area contributed by atoms with Crippen LogP contribution in [0.4, 0.5) is 10.7 Å². The van der Waals surface area contributed by atoms with Gasteiger partial charge in [-0.15, -0.1) is 11.3 Å². The Morgan fingerprint density at radius 3 is 2.57 bits per heavy atom. The number of para-hydroxylation sites is 1. The van der Waals surface area contributed by atoms with Gasteiger partial charge in [0.15, 0.2) is 0 Å². The molecule has 8 nitrogen and oxygen atoms in total. The number of primary amides is 1. The van der Waals surface area contributed by atoms with Crippen LogP contribution in [0.5, 0.6) is 0 Å². The molecule has 0 spiro atoms. The van der Waals surface area contributed by atoms with Crippen LogP contribution in [0.2, 0.25) is 0 Å². The molecule has 1 atom stereocenters. The molecule has 0 fully saturated rings. The summed E-state index contributed by atoms with van der Waals surface area (Å²) in [6, 6.07) is 13.4. The number of thiophene rings is 1. The summed E-state index contributed by atoms with van der Waals surface area (Å²) in [7, 11) is -1.68. The molecule has 1 aromatic heterocycles. The number of nitrogens with one attached hydrogen (secondary N) is 2. The van der Waals surface area contributed by atoms with Gasteiger partial charge in [0, 0.05) is 18.5 Å². The normalized spacial score (nSPS) is 17.4. The number of benzene rings is 2. The lowest BCUT2D eigenvalue weighted by Crippen LogP contribution is -3.08. The minimum Gasteiger partial charge on any atom is -0.365 e. The van der Waals surface area contributed by atoms with Crippen molar-refractivity contribution in [1.29, 1.82) is 0 Å². The van der Waals surface area contributed by atoms with Crippen LogP contribution in [0.25, 0.3) is 0 Å². The lowest BCUT2D eigenvalue weighted by molar-refractivity contribution is -0.895. The van der Waals surface area contributed by atoms with Crippen molar-refractivity contribution in [3.05, 3.63) is 75.7 Å². The molecule has 1 unspecified atom stereocenters. The molecule has 0 saturated carbocycles.